The molecule has 6 fully saturated rings. The quantitative estimate of drug-likeness (QED) is 0.233. The average molecular weight is 543 g/mol. The van der Waals surface area contributed by atoms with Crippen LogP contribution in [-0.4, -0.2) is 112 Å². The molecule has 0 radical (unpaired) electrons. The van der Waals surface area contributed by atoms with Crippen molar-refractivity contribution in [2.24, 2.45) is 5.92 Å². The molecule has 8 heteroatoms. The van der Waals surface area contributed by atoms with Crippen LogP contribution in [0.15, 0.2) is 18.2 Å². The monoisotopic (exact) mass is 542 g/mol. The maximum absolute atomic E-state index is 5.62. The van der Waals surface area contributed by atoms with E-state index in [1.54, 1.807) is 0 Å². The molecule has 0 bridgehead atoms. The van der Waals surface area contributed by atoms with Gasteiger partial charge in [0.1, 0.15) is 0 Å². The standard InChI is InChI=1S/C31H46N2O6/c1-21(33(13-30-19-38-30)14-31-20-39-31)25-6-22(3-2-4-23(8-26-15-34-26)9-27-16-35-27)5-24(7-25)10-32(11-28-17-36-28)12-29-18-37-29/h5-7,21,23,26-31H,2-4,8-20H2,1H3/t21-,23?,26?,27?,28?,29?,30?,31?/m1/s1. The van der Waals surface area contributed by atoms with Crippen LogP contribution in [0.1, 0.15) is 55.3 Å². The van der Waals surface area contributed by atoms with Crippen LogP contribution >= 0.6 is 0 Å². The lowest BCUT2D eigenvalue weighted by atomic mass is 9.90. The highest BCUT2D eigenvalue weighted by Gasteiger charge is 2.35. The Labute approximate surface area is 233 Å². The Balaban J connectivity index is 1.05. The van der Waals surface area contributed by atoms with Gasteiger partial charge in [-0.1, -0.05) is 18.2 Å². The van der Waals surface area contributed by atoms with Gasteiger partial charge in [-0.15, -0.1) is 0 Å². The Morgan fingerprint density at radius 1 is 0.667 bits per heavy atom. The van der Waals surface area contributed by atoms with E-state index in [-0.39, 0.29) is 0 Å². The zero-order valence-electron chi connectivity index (χ0n) is 23.5. The van der Waals surface area contributed by atoms with Crippen LogP contribution in [0.3, 0.4) is 0 Å². The molecule has 0 N–H and O–H groups in total. The zero-order valence-corrected chi connectivity index (χ0v) is 23.5. The summed E-state index contributed by atoms with van der Waals surface area (Å²) >= 11 is 0. The molecular formula is C31H46N2O6. The van der Waals surface area contributed by atoms with Gasteiger partial charge in [0.2, 0.25) is 0 Å². The molecule has 1 aromatic rings. The summed E-state index contributed by atoms with van der Waals surface area (Å²) in [5.74, 6) is 0.715. The summed E-state index contributed by atoms with van der Waals surface area (Å²) in [5, 5.41) is 0. The van der Waals surface area contributed by atoms with Crippen LogP contribution in [0.25, 0.3) is 0 Å². The molecule has 0 saturated carbocycles. The smallest absolute Gasteiger partial charge is 0.0936 e. The first-order valence-corrected chi connectivity index (χ1v) is 15.4. The first-order valence-electron chi connectivity index (χ1n) is 15.4. The lowest BCUT2D eigenvalue weighted by Crippen LogP contribution is -2.34. The van der Waals surface area contributed by atoms with E-state index in [4.69, 9.17) is 28.4 Å². The number of rotatable bonds is 20. The number of hydrogen-bond acceptors (Lipinski definition) is 8. The number of epoxide rings is 6. The van der Waals surface area contributed by atoms with Crippen molar-refractivity contribution in [2.45, 2.75) is 88.2 Å². The van der Waals surface area contributed by atoms with Gasteiger partial charge in [-0.05, 0) is 61.6 Å². The SMILES string of the molecule is C[C@H](c1cc(CCCC(CC2CO2)CC2CO2)cc(CN(CC2CO2)CC2CO2)c1)N(CC1CO1)CC1CO1. The fourth-order valence-corrected chi connectivity index (χ4v) is 6.20. The molecule has 6 aliphatic rings. The number of benzene rings is 1. The number of aryl methyl sites for hydroxylation is 1. The molecule has 6 saturated heterocycles. The van der Waals surface area contributed by atoms with Crippen LogP contribution in [-0.2, 0) is 41.4 Å². The van der Waals surface area contributed by atoms with E-state index in [0.29, 0.717) is 48.6 Å². The van der Waals surface area contributed by atoms with Gasteiger partial charge in [0.15, 0.2) is 0 Å². The van der Waals surface area contributed by atoms with E-state index in [1.165, 1.54) is 42.4 Å². The topological polar surface area (TPSA) is 81.7 Å². The molecule has 0 aromatic heterocycles. The molecule has 6 unspecified atom stereocenters. The molecule has 0 spiro atoms. The molecule has 39 heavy (non-hydrogen) atoms. The first-order chi connectivity index (χ1) is 19.1. The first kappa shape index (κ1) is 26.8. The summed E-state index contributed by atoms with van der Waals surface area (Å²) < 4.78 is 33.6. The van der Waals surface area contributed by atoms with Gasteiger partial charge in [0.25, 0.3) is 0 Å². The Morgan fingerprint density at radius 3 is 1.67 bits per heavy atom. The molecule has 7 atom stereocenters. The van der Waals surface area contributed by atoms with Gasteiger partial charge in [-0.25, -0.2) is 0 Å². The minimum Gasteiger partial charge on any atom is -0.373 e. The van der Waals surface area contributed by atoms with Gasteiger partial charge in [-0.3, -0.25) is 9.80 Å². The largest absolute Gasteiger partial charge is 0.373 e. The lowest BCUT2D eigenvalue weighted by Gasteiger charge is -2.29. The van der Waals surface area contributed by atoms with E-state index in [0.717, 1.165) is 78.8 Å². The Bertz CT molecular complexity index is 912. The van der Waals surface area contributed by atoms with Crippen LogP contribution in [0.2, 0.25) is 0 Å². The van der Waals surface area contributed by atoms with Crippen molar-refractivity contribution < 1.29 is 28.4 Å². The lowest BCUT2D eigenvalue weighted by molar-refractivity contribution is 0.173. The third-order valence-corrected chi connectivity index (χ3v) is 9.00. The molecule has 7 rings (SSSR count). The van der Waals surface area contributed by atoms with E-state index in [9.17, 15) is 0 Å². The Morgan fingerprint density at radius 2 is 1.15 bits per heavy atom. The van der Waals surface area contributed by atoms with Crippen molar-refractivity contribution >= 4 is 0 Å². The predicted octanol–water partition coefficient (Wildman–Crippen LogP) is 2.96. The number of hydrogen-bond donors (Lipinski definition) is 0. The summed E-state index contributed by atoms with van der Waals surface area (Å²) in [6, 6.07) is 7.72. The zero-order chi connectivity index (χ0) is 26.2. The highest BCUT2D eigenvalue weighted by molar-refractivity contribution is 5.32. The van der Waals surface area contributed by atoms with Crippen molar-refractivity contribution in [1.82, 2.24) is 9.80 Å². The second-order valence-corrected chi connectivity index (χ2v) is 12.9. The third-order valence-electron chi connectivity index (χ3n) is 9.00. The van der Waals surface area contributed by atoms with Crippen molar-refractivity contribution in [3.63, 3.8) is 0 Å². The van der Waals surface area contributed by atoms with Gasteiger partial charge >= 0.3 is 0 Å². The second-order valence-electron chi connectivity index (χ2n) is 12.9. The Hall–Kier alpha value is -1.10. The minimum absolute atomic E-state index is 0.330. The van der Waals surface area contributed by atoms with Gasteiger partial charge in [0, 0.05) is 38.8 Å². The second kappa shape index (κ2) is 12.0. The number of nitrogens with zero attached hydrogens (tertiary/aromatic N) is 2. The van der Waals surface area contributed by atoms with Gasteiger partial charge in [0.05, 0.1) is 76.3 Å². The maximum atomic E-state index is 5.62. The van der Waals surface area contributed by atoms with Crippen LogP contribution in [0.4, 0.5) is 0 Å². The van der Waals surface area contributed by atoms with Crippen molar-refractivity contribution in [2.75, 3.05) is 65.8 Å². The molecule has 216 valence electrons. The highest BCUT2D eigenvalue weighted by Crippen LogP contribution is 2.32. The molecule has 0 amide bonds. The van der Waals surface area contributed by atoms with Crippen LogP contribution < -0.4 is 0 Å². The Kier molecular flexibility index (Phi) is 8.25. The predicted molar refractivity (Wildman–Crippen MR) is 146 cm³/mol. The molecule has 6 aliphatic heterocycles. The van der Waals surface area contributed by atoms with E-state index in [1.807, 2.05) is 0 Å². The van der Waals surface area contributed by atoms with Crippen LogP contribution in [0, 0.1) is 5.92 Å². The van der Waals surface area contributed by atoms with Crippen molar-refractivity contribution in [1.29, 1.82) is 0 Å². The van der Waals surface area contributed by atoms with E-state index >= 15 is 0 Å². The van der Waals surface area contributed by atoms with Gasteiger partial charge in [-0.2, -0.15) is 0 Å². The molecular weight excluding hydrogens is 496 g/mol. The number of ether oxygens (including phenoxy) is 6. The van der Waals surface area contributed by atoms with Crippen molar-refractivity contribution in [3.05, 3.63) is 34.9 Å². The van der Waals surface area contributed by atoms with Gasteiger partial charge < -0.3 is 28.4 Å². The van der Waals surface area contributed by atoms with E-state index in [2.05, 4.69) is 34.9 Å². The molecule has 6 heterocycles. The third kappa shape index (κ3) is 8.94. The molecule has 8 nitrogen and oxygen atoms in total. The summed E-state index contributed by atoms with van der Waals surface area (Å²) in [6.07, 6.45) is 8.52. The molecule has 0 aliphatic carbocycles. The van der Waals surface area contributed by atoms with Crippen molar-refractivity contribution in [3.8, 4) is 0 Å². The fourth-order valence-electron chi connectivity index (χ4n) is 6.20. The summed E-state index contributed by atoms with van der Waals surface area (Å²) in [5.41, 5.74) is 4.30. The summed E-state index contributed by atoms with van der Waals surface area (Å²) in [4.78, 5) is 5.12. The van der Waals surface area contributed by atoms with E-state index < -0.39 is 0 Å². The summed E-state index contributed by atoms with van der Waals surface area (Å²) in [6.45, 7) is 12.7. The summed E-state index contributed by atoms with van der Waals surface area (Å²) in [7, 11) is 0. The average Bonchev–Trinajstić information content (AvgIpc) is 3.70. The molecule has 1 aromatic carbocycles. The van der Waals surface area contributed by atoms with Crippen LogP contribution in [0.5, 0.6) is 0 Å². The highest BCUT2D eigenvalue weighted by atomic mass is 16.6. The normalized spacial score (nSPS) is 33.3. The maximum Gasteiger partial charge on any atom is 0.0936 e. The minimum atomic E-state index is 0.330. The fraction of sp³-hybridized carbons (Fsp3) is 0.806.